The van der Waals surface area contributed by atoms with E-state index in [9.17, 15) is 5.26 Å². The minimum Gasteiger partial charge on any atom is -0.494 e. The van der Waals surface area contributed by atoms with Gasteiger partial charge in [0.15, 0.2) is 0 Å². The van der Waals surface area contributed by atoms with E-state index in [-0.39, 0.29) is 17.9 Å². The van der Waals surface area contributed by atoms with Crippen LogP contribution < -0.4 is 19.7 Å². The third kappa shape index (κ3) is 7.11. The van der Waals surface area contributed by atoms with Gasteiger partial charge in [-0.25, -0.2) is 19.0 Å². The van der Waals surface area contributed by atoms with Crippen molar-refractivity contribution in [2.24, 2.45) is 0 Å². The second kappa shape index (κ2) is 13.8. The van der Waals surface area contributed by atoms with Crippen molar-refractivity contribution in [2.45, 2.75) is 38.5 Å². The highest BCUT2D eigenvalue weighted by Gasteiger charge is 2.27. The van der Waals surface area contributed by atoms with Crippen LogP contribution >= 0.6 is 0 Å². The zero-order chi connectivity index (χ0) is 31.2. The molecule has 4 heterocycles. The lowest BCUT2D eigenvalue weighted by Gasteiger charge is -2.41. The lowest BCUT2D eigenvalue weighted by Crippen LogP contribution is -2.49. The molecule has 1 N–H and O–H groups in total. The number of piperidine rings is 1. The molecular weight excluding hydrogens is 579 g/mol. The second-order valence-electron chi connectivity index (χ2n) is 11.1. The van der Waals surface area contributed by atoms with Crippen LogP contribution in [0.3, 0.4) is 0 Å². The number of nitrogens with zero attached hydrogens (tertiary/aromatic N) is 9. The average Bonchev–Trinajstić information content (AvgIpc) is 3.59. The van der Waals surface area contributed by atoms with Crippen molar-refractivity contribution in [3.63, 3.8) is 0 Å². The second-order valence-corrected chi connectivity index (χ2v) is 11.1. The maximum Gasteiger partial charge on any atom is 0.227 e. The molecule has 2 saturated heterocycles. The van der Waals surface area contributed by atoms with Gasteiger partial charge in [-0.2, -0.15) is 5.26 Å². The molecule has 2 aliphatic heterocycles. The molecule has 2 aliphatic rings. The fourth-order valence-corrected chi connectivity index (χ4v) is 5.80. The summed E-state index contributed by atoms with van der Waals surface area (Å²) in [5.41, 5.74) is 2.86. The van der Waals surface area contributed by atoms with Gasteiger partial charge in [-0.1, -0.05) is 6.07 Å². The van der Waals surface area contributed by atoms with E-state index >= 15 is 4.39 Å². The zero-order valence-electron chi connectivity index (χ0n) is 25.3. The lowest BCUT2D eigenvalue weighted by molar-refractivity contribution is 0.0115. The van der Waals surface area contributed by atoms with Crippen molar-refractivity contribution in [3.05, 3.63) is 60.4 Å². The number of hydrogen-bond acceptors (Lipinski definition) is 12. The van der Waals surface area contributed by atoms with E-state index in [2.05, 4.69) is 46.7 Å². The van der Waals surface area contributed by atoms with E-state index in [1.165, 1.54) is 12.4 Å². The van der Waals surface area contributed by atoms with Crippen molar-refractivity contribution in [2.75, 3.05) is 56.7 Å². The van der Waals surface area contributed by atoms with E-state index in [0.29, 0.717) is 41.0 Å². The first-order valence-electron chi connectivity index (χ1n) is 15.0. The Labute approximate surface area is 260 Å². The molecule has 4 aromatic rings. The van der Waals surface area contributed by atoms with Gasteiger partial charge >= 0.3 is 0 Å². The predicted molar refractivity (Wildman–Crippen MR) is 164 cm³/mol. The summed E-state index contributed by atoms with van der Waals surface area (Å²) in [6.07, 6.45) is 6.48. The molecular formula is C31H35FN10O3. The van der Waals surface area contributed by atoms with Gasteiger partial charge in [0.05, 0.1) is 43.8 Å². The summed E-state index contributed by atoms with van der Waals surface area (Å²) < 4.78 is 34.2. The molecule has 0 saturated carbocycles. The number of halogens is 1. The van der Waals surface area contributed by atoms with Crippen LogP contribution in [0.25, 0.3) is 11.1 Å². The Bertz CT molecular complexity index is 1620. The summed E-state index contributed by atoms with van der Waals surface area (Å²) in [4.78, 5) is 13.5. The Kier molecular flexibility index (Phi) is 9.27. The Morgan fingerprint density at radius 1 is 1.07 bits per heavy atom. The van der Waals surface area contributed by atoms with Crippen LogP contribution in [0.15, 0.2) is 49.1 Å². The normalized spacial score (nSPS) is 16.6. The molecule has 1 atom stereocenters. The molecule has 0 aliphatic carbocycles. The summed E-state index contributed by atoms with van der Waals surface area (Å²) in [5.74, 6) is 0.886. The molecule has 0 bridgehead atoms. The maximum absolute atomic E-state index is 15.4. The third-order valence-corrected chi connectivity index (χ3v) is 8.13. The summed E-state index contributed by atoms with van der Waals surface area (Å²) in [7, 11) is 1.56. The van der Waals surface area contributed by atoms with Crippen molar-refractivity contribution in [1.29, 1.82) is 5.26 Å². The zero-order valence-corrected chi connectivity index (χ0v) is 25.3. The number of methoxy groups -OCH3 is 1. The summed E-state index contributed by atoms with van der Waals surface area (Å²) in [6.45, 7) is 7.33. The standard InChI is InChI=1S/C31H35FN10O3/c1-21(19-42-20-36-38-39-42)45-29-13-22(3-4-23(29)16-33)24-17-34-31(35-18-24)37-27-14-26(32)28(15-30(27)43-2)41-7-5-25(6-8-41)40-9-11-44-12-10-40/h3-4,13-15,17-18,20-21,25H,5-12,19H2,1-2H3,(H,34,35,37)/t21-/m0/s1. The minimum atomic E-state index is -0.334. The molecule has 234 valence electrons. The van der Waals surface area contributed by atoms with Crippen molar-refractivity contribution in [1.82, 2.24) is 35.1 Å². The Balaban J connectivity index is 1.12. The molecule has 6 rings (SSSR count). The van der Waals surface area contributed by atoms with E-state index in [1.807, 2.05) is 13.0 Å². The molecule has 2 fully saturated rings. The largest absolute Gasteiger partial charge is 0.494 e. The molecule has 13 nitrogen and oxygen atoms in total. The topological polar surface area (TPSA) is 139 Å². The highest BCUT2D eigenvalue weighted by atomic mass is 19.1. The Morgan fingerprint density at radius 2 is 1.84 bits per heavy atom. The monoisotopic (exact) mass is 614 g/mol. The lowest BCUT2D eigenvalue weighted by atomic mass is 10.0. The summed E-state index contributed by atoms with van der Waals surface area (Å²) in [5, 5.41) is 23.8. The van der Waals surface area contributed by atoms with Gasteiger partial charge in [-0.15, -0.1) is 5.10 Å². The van der Waals surface area contributed by atoms with Crippen LogP contribution in [-0.2, 0) is 11.3 Å². The van der Waals surface area contributed by atoms with E-state index < -0.39 is 0 Å². The molecule has 0 radical (unpaired) electrons. The van der Waals surface area contributed by atoms with Crippen molar-refractivity contribution in [3.8, 4) is 28.7 Å². The SMILES string of the molecule is COc1cc(N2CCC(N3CCOCC3)CC2)c(F)cc1Nc1ncc(-c2ccc(C#N)c(O[C@@H](C)Cn3cnnn3)c2)cn1. The number of ether oxygens (including phenoxy) is 3. The van der Waals surface area contributed by atoms with Gasteiger partial charge in [-0.05, 0) is 47.9 Å². The van der Waals surface area contributed by atoms with E-state index in [1.54, 1.807) is 42.4 Å². The highest BCUT2D eigenvalue weighted by molar-refractivity contribution is 5.70. The summed E-state index contributed by atoms with van der Waals surface area (Å²) >= 11 is 0. The fraction of sp³-hybridized carbons (Fsp3) is 0.419. The van der Waals surface area contributed by atoms with Crippen LogP contribution in [0.2, 0.25) is 0 Å². The molecule has 0 amide bonds. The minimum absolute atomic E-state index is 0.288. The number of nitrogens with one attached hydrogen (secondary N) is 1. The van der Waals surface area contributed by atoms with E-state index in [4.69, 9.17) is 14.2 Å². The molecule has 45 heavy (non-hydrogen) atoms. The van der Waals surface area contributed by atoms with E-state index in [0.717, 1.165) is 63.4 Å². The van der Waals surface area contributed by atoms with Crippen LogP contribution in [0.1, 0.15) is 25.3 Å². The first-order valence-corrected chi connectivity index (χ1v) is 15.0. The number of hydrogen-bond donors (Lipinski definition) is 1. The van der Waals surface area contributed by atoms with Crippen LogP contribution in [-0.4, -0.2) is 93.7 Å². The van der Waals surface area contributed by atoms with Crippen LogP contribution in [0.4, 0.5) is 21.7 Å². The Hall–Kier alpha value is -4.87. The fourth-order valence-electron chi connectivity index (χ4n) is 5.80. The summed E-state index contributed by atoms with van der Waals surface area (Å²) in [6, 6.07) is 11.1. The molecule has 2 aromatic carbocycles. The smallest absolute Gasteiger partial charge is 0.227 e. The van der Waals surface area contributed by atoms with Crippen LogP contribution in [0.5, 0.6) is 11.5 Å². The number of nitriles is 1. The molecule has 14 heteroatoms. The van der Waals surface area contributed by atoms with Gasteiger partial charge in [-0.3, -0.25) is 4.90 Å². The average molecular weight is 615 g/mol. The highest BCUT2D eigenvalue weighted by Crippen LogP contribution is 2.36. The van der Waals surface area contributed by atoms with Gasteiger partial charge < -0.3 is 24.4 Å². The van der Waals surface area contributed by atoms with Gasteiger partial charge in [0, 0.05) is 62.3 Å². The molecule has 0 unspecified atom stereocenters. The molecule has 2 aromatic heterocycles. The quantitative estimate of drug-likeness (QED) is 0.279. The first-order chi connectivity index (χ1) is 22.0. The van der Waals surface area contributed by atoms with Crippen LogP contribution in [0, 0.1) is 17.1 Å². The van der Waals surface area contributed by atoms with Gasteiger partial charge in [0.2, 0.25) is 5.95 Å². The number of aromatic nitrogens is 6. The number of morpholine rings is 1. The number of tetrazole rings is 1. The third-order valence-electron chi connectivity index (χ3n) is 8.13. The number of rotatable bonds is 10. The van der Waals surface area contributed by atoms with Gasteiger partial charge in [0.1, 0.15) is 35.8 Å². The number of anilines is 3. The molecule has 0 spiro atoms. The number of benzene rings is 2. The Morgan fingerprint density at radius 3 is 2.53 bits per heavy atom. The first kappa shape index (κ1) is 30.2. The van der Waals surface area contributed by atoms with Crippen molar-refractivity contribution >= 4 is 17.3 Å². The maximum atomic E-state index is 15.4. The predicted octanol–water partition coefficient (Wildman–Crippen LogP) is 3.66. The van der Waals surface area contributed by atoms with Crippen molar-refractivity contribution < 1.29 is 18.6 Å². The van der Waals surface area contributed by atoms with Gasteiger partial charge in [0.25, 0.3) is 0 Å².